The Bertz CT molecular complexity index is 548. The van der Waals surface area contributed by atoms with Gasteiger partial charge >= 0.3 is 0 Å². The molecular formula is C12H18N6. The van der Waals surface area contributed by atoms with Crippen LogP contribution in [0.1, 0.15) is 18.5 Å². The maximum absolute atomic E-state index is 5.63. The van der Waals surface area contributed by atoms with E-state index < -0.39 is 0 Å². The van der Waals surface area contributed by atoms with Crippen molar-refractivity contribution >= 4 is 11.6 Å². The summed E-state index contributed by atoms with van der Waals surface area (Å²) in [4.78, 5) is 10.9. The molecule has 2 N–H and O–H groups in total. The summed E-state index contributed by atoms with van der Waals surface area (Å²) in [7, 11) is 0. The van der Waals surface area contributed by atoms with Gasteiger partial charge in [-0.05, 0) is 32.2 Å². The van der Waals surface area contributed by atoms with Crippen molar-refractivity contribution in [3.8, 4) is 0 Å². The van der Waals surface area contributed by atoms with Crippen LogP contribution < -0.4 is 10.6 Å². The molecule has 1 atom stereocenters. The van der Waals surface area contributed by atoms with Crippen molar-refractivity contribution in [1.82, 2.24) is 19.6 Å². The van der Waals surface area contributed by atoms with E-state index in [-0.39, 0.29) is 0 Å². The van der Waals surface area contributed by atoms with Gasteiger partial charge in [0.05, 0.1) is 0 Å². The third-order valence-corrected chi connectivity index (χ3v) is 3.55. The van der Waals surface area contributed by atoms with Crippen molar-refractivity contribution in [3.05, 3.63) is 18.1 Å². The van der Waals surface area contributed by atoms with Crippen LogP contribution in [-0.2, 0) is 0 Å². The zero-order chi connectivity index (χ0) is 12.5. The van der Waals surface area contributed by atoms with Gasteiger partial charge in [0.25, 0.3) is 5.78 Å². The first-order valence-electron chi connectivity index (χ1n) is 6.40. The van der Waals surface area contributed by atoms with Crippen LogP contribution in [0.3, 0.4) is 0 Å². The molecule has 18 heavy (non-hydrogen) atoms. The van der Waals surface area contributed by atoms with Crippen LogP contribution in [0.25, 0.3) is 5.78 Å². The molecule has 0 amide bonds. The van der Waals surface area contributed by atoms with Gasteiger partial charge in [-0.1, -0.05) is 0 Å². The van der Waals surface area contributed by atoms with Crippen LogP contribution >= 0.6 is 0 Å². The van der Waals surface area contributed by atoms with Gasteiger partial charge in [-0.25, -0.2) is 4.98 Å². The lowest BCUT2D eigenvalue weighted by Crippen LogP contribution is -2.23. The Hall–Kier alpha value is -1.69. The Kier molecular flexibility index (Phi) is 2.87. The highest BCUT2D eigenvalue weighted by Crippen LogP contribution is 2.25. The monoisotopic (exact) mass is 246 g/mol. The second kappa shape index (κ2) is 4.53. The van der Waals surface area contributed by atoms with Crippen LogP contribution in [0.15, 0.2) is 12.4 Å². The minimum Gasteiger partial charge on any atom is -0.356 e. The summed E-state index contributed by atoms with van der Waals surface area (Å²) in [5.41, 5.74) is 6.61. The average molecular weight is 246 g/mol. The minimum atomic E-state index is 0.673. The number of rotatable bonds is 3. The number of aryl methyl sites for hydroxylation is 1. The molecule has 0 bridgehead atoms. The number of nitrogens with two attached hydrogens (primary N) is 1. The SMILES string of the molecule is Cc1cc(N2CCC(CCN)C2)n2ncnc2n1. The normalized spacial score (nSPS) is 19.9. The van der Waals surface area contributed by atoms with Crippen LogP contribution in [-0.4, -0.2) is 39.2 Å². The summed E-state index contributed by atoms with van der Waals surface area (Å²) in [6.45, 7) is 4.87. The molecule has 3 heterocycles. The number of hydrogen-bond donors (Lipinski definition) is 1. The van der Waals surface area contributed by atoms with Crippen LogP contribution in [0.5, 0.6) is 0 Å². The molecule has 1 fully saturated rings. The molecule has 1 saturated heterocycles. The van der Waals surface area contributed by atoms with Crippen LogP contribution in [0.2, 0.25) is 0 Å². The van der Waals surface area contributed by atoms with Crippen LogP contribution in [0.4, 0.5) is 5.82 Å². The summed E-state index contributed by atoms with van der Waals surface area (Å²) in [6.07, 6.45) is 3.86. The molecule has 1 aliphatic heterocycles. The molecule has 0 aliphatic carbocycles. The van der Waals surface area contributed by atoms with Crippen molar-refractivity contribution in [2.24, 2.45) is 11.7 Å². The van der Waals surface area contributed by atoms with Gasteiger partial charge in [0.2, 0.25) is 0 Å². The molecule has 0 radical (unpaired) electrons. The molecule has 0 aromatic carbocycles. The first-order valence-corrected chi connectivity index (χ1v) is 6.40. The maximum Gasteiger partial charge on any atom is 0.254 e. The minimum absolute atomic E-state index is 0.673. The van der Waals surface area contributed by atoms with E-state index in [0.29, 0.717) is 11.7 Å². The van der Waals surface area contributed by atoms with Gasteiger partial charge in [-0.3, -0.25) is 0 Å². The summed E-state index contributed by atoms with van der Waals surface area (Å²) in [5.74, 6) is 2.46. The summed E-state index contributed by atoms with van der Waals surface area (Å²) in [6, 6.07) is 2.08. The molecule has 1 aliphatic rings. The van der Waals surface area contributed by atoms with Gasteiger partial charge < -0.3 is 10.6 Å². The van der Waals surface area contributed by atoms with Crippen molar-refractivity contribution in [1.29, 1.82) is 0 Å². The third kappa shape index (κ3) is 1.92. The molecule has 0 spiro atoms. The molecule has 6 heteroatoms. The number of anilines is 1. The van der Waals surface area contributed by atoms with Gasteiger partial charge in [0.15, 0.2) is 0 Å². The van der Waals surface area contributed by atoms with E-state index in [1.54, 1.807) is 6.33 Å². The lowest BCUT2D eigenvalue weighted by atomic mass is 10.1. The van der Waals surface area contributed by atoms with E-state index in [2.05, 4.69) is 26.0 Å². The third-order valence-electron chi connectivity index (χ3n) is 3.55. The zero-order valence-corrected chi connectivity index (χ0v) is 10.6. The van der Waals surface area contributed by atoms with Crippen LogP contribution in [0, 0.1) is 12.8 Å². The van der Waals surface area contributed by atoms with E-state index in [1.165, 1.54) is 6.42 Å². The standard InChI is InChI=1S/C12H18N6/c1-9-6-11(18-12(16-9)14-8-15-18)17-5-3-10(7-17)2-4-13/h6,8,10H,2-5,7,13H2,1H3. The highest BCUT2D eigenvalue weighted by molar-refractivity contribution is 5.47. The second-order valence-electron chi connectivity index (χ2n) is 4.91. The maximum atomic E-state index is 5.63. The Labute approximate surface area is 106 Å². The van der Waals surface area contributed by atoms with Crippen molar-refractivity contribution in [3.63, 3.8) is 0 Å². The van der Waals surface area contributed by atoms with Crippen molar-refractivity contribution in [2.75, 3.05) is 24.5 Å². The number of aromatic nitrogens is 4. The van der Waals surface area contributed by atoms with Gasteiger partial charge in [-0.15, -0.1) is 0 Å². The zero-order valence-electron chi connectivity index (χ0n) is 10.6. The van der Waals surface area contributed by atoms with Gasteiger partial charge in [0.1, 0.15) is 12.1 Å². The topological polar surface area (TPSA) is 72.3 Å². The average Bonchev–Trinajstić information content (AvgIpc) is 2.96. The van der Waals surface area contributed by atoms with Crippen molar-refractivity contribution < 1.29 is 0 Å². The van der Waals surface area contributed by atoms with Gasteiger partial charge in [-0.2, -0.15) is 14.6 Å². The predicted octanol–water partition coefficient (Wildman–Crippen LogP) is 0.608. The Morgan fingerprint density at radius 1 is 1.50 bits per heavy atom. The quantitative estimate of drug-likeness (QED) is 0.859. The number of nitrogens with zero attached hydrogens (tertiary/aromatic N) is 5. The fourth-order valence-corrected chi connectivity index (χ4v) is 2.65. The molecule has 6 nitrogen and oxygen atoms in total. The molecule has 2 aromatic rings. The summed E-state index contributed by atoms with van der Waals surface area (Å²) in [5, 5.41) is 4.25. The number of fused-ring (bicyclic) bond motifs is 1. The van der Waals surface area contributed by atoms with E-state index >= 15 is 0 Å². The molecule has 96 valence electrons. The second-order valence-corrected chi connectivity index (χ2v) is 4.91. The smallest absolute Gasteiger partial charge is 0.254 e. The first kappa shape index (κ1) is 11.4. The van der Waals surface area contributed by atoms with Gasteiger partial charge in [0, 0.05) is 24.8 Å². The Morgan fingerprint density at radius 3 is 3.22 bits per heavy atom. The van der Waals surface area contributed by atoms with E-state index in [0.717, 1.165) is 37.6 Å². The molecule has 2 aromatic heterocycles. The fourth-order valence-electron chi connectivity index (χ4n) is 2.65. The van der Waals surface area contributed by atoms with E-state index in [4.69, 9.17) is 5.73 Å². The Balaban J connectivity index is 1.92. The summed E-state index contributed by atoms with van der Waals surface area (Å²) < 4.78 is 1.82. The highest BCUT2D eigenvalue weighted by Gasteiger charge is 2.24. The lowest BCUT2D eigenvalue weighted by Gasteiger charge is -2.19. The summed E-state index contributed by atoms with van der Waals surface area (Å²) >= 11 is 0. The number of hydrogen-bond acceptors (Lipinski definition) is 5. The largest absolute Gasteiger partial charge is 0.356 e. The van der Waals surface area contributed by atoms with Crippen molar-refractivity contribution in [2.45, 2.75) is 19.8 Å². The Morgan fingerprint density at radius 2 is 2.39 bits per heavy atom. The van der Waals surface area contributed by atoms with E-state index in [9.17, 15) is 0 Å². The highest BCUT2D eigenvalue weighted by atomic mass is 15.4. The molecular weight excluding hydrogens is 228 g/mol. The predicted molar refractivity (Wildman–Crippen MR) is 69.5 cm³/mol. The first-order chi connectivity index (χ1) is 8.78. The fraction of sp³-hybridized carbons (Fsp3) is 0.583. The molecule has 0 saturated carbocycles. The lowest BCUT2D eigenvalue weighted by molar-refractivity contribution is 0.545. The molecule has 3 rings (SSSR count). The molecule has 1 unspecified atom stereocenters. The van der Waals surface area contributed by atoms with E-state index in [1.807, 2.05) is 11.4 Å².